The minimum absolute atomic E-state index is 0.159. The van der Waals surface area contributed by atoms with E-state index in [-0.39, 0.29) is 12.5 Å². The minimum Gasteiger partial charge on any atom is -0.478 e. The quantitative estimate of drug-likeness (QED) is 0.330. The number of ether oxygens (including phenoxy) is 1. The Morgan fingerprint density at radius 1 is 1.17 bits per heavy atom. The van der Waals surface area contributed by atoms with Gasteiger partial charge < -0.3 is 10.5 Å². The highest BCUT2D eigenvalue weighted by Crippen LogP contribution is 2.34. The zero-order valence-corrected chi connectivity index (χ0v) is 12.9. The van der Waals surface area contributed by atoms with E-state index in [1.165, 1.54) is 4.90 Å². The van der Waals surface area contributed by atoms with Crippen LogP contribution in [0.4, 0.5) is 11.4 Å². The standard InChI is InChI=1S/C17H18N4O3/c18-12-7-5-11(6-8-12)9-15-17(23)21(10-16(22)20-19)13-3-1-2-4-14(13)24-15/h1-8,15H,9-10,18-19H2,(H,20,22). The van der Waals surface area contributed by atoms with Crippen LogP contribution in [0.3, 0.4) is 0 Å². The lowest BCUT2D eigenvalue weighted by Crippen LogP contribution is -2.51. The van der Waals surface area contributed by atoms with Gasteiger partial charge in [0.1, 0.15) is 12.3 Å². The number of hydrogen-bond donors (Lipinski definition) is 3. The fourth-order valence-electron chi connectivity index (χ4n) is 2.63. The molecule has 124 valence electrons. The molecule has 0 fully saturated rings. The number of fused-ring (bicyclic) bond motifs is 1. The smallest absolute Gasteiger partial charge is 0.268 e. The molecule has 0 saturated heterocycles. The number of nitrogens with zero attached hydrogens (tertiary/aromatic N) is 1. The van der Waals surface area contributed by atoms with Gasteiger partial charge in [-0.2, -0.15) is 0 Å². The van der Waals surface area contributed by atoms with Crippen LogP contribution in [-0.2, 0) is 16.0 Å². The van der Waals surface area contributed by atoms with Crippen LogP contribution < -0.4 is 26.6 Å². The Bertz CT molecular complexity index is 761. The Labute approximate surface area is 139 Å². The number of rotatable bonds is 4. The predicted octanol–water partition coefficient (Wildman–Crippen LogP) is 0.595. The summed E-state index contributed by atoms with van der Waals surface area (Å²) in [5.41, 5.74) is 9.86. The predicted molar refractivity (Wildman–Crippen MR) is 90.1 cm³/mol. The topological polar surface area (TPSA) is 111 Å². The van der Waals surface area contributed by atoms with Crippen molar-refractivity contribution in [1.82, 2.24) is 5.43 Å². The molecule has 1 aliphatic rings. The van der Waals surface area contributed by atoms with Gasteiger partial charge in [0.05, 0.1) is 5.69 Å². The number of para-hydroxylation sites is 2. The lowest BCUT2D eigenvalue weighted by atomic mass is 10.0. The van der Waals surface area contributed by atoms with Crippen molar-refractivity contribution in [3.8, 4) is 5.75 Å². The summed E-state index contributed by atoms with van der Waals surface area (Å²) >= 11 is 0. The van der Waals surface area contributed by atoms with Gasteiger partial charge in [-0.05, 0) is 29.8 Å². The number of nitrogen functional groups attached to an aromatic ring is 1. The van der Waals surface area contributed by atoms with Crippen LogP contribution in [0.1, 0.15) is 5.56 Å². The van der Waals surface area contributed by atoms with Gasteiger partial charge in [0.25, 0.3) is 11.8 Å². The Balaban J connectivity index is 1.88. The molecule has 1 heterocycles. The van der Waals surface area contributed by atoms with Gasteiger partial charge in [-0.25, -0.2) is 5.84 Å². The third kappa shape index (κ3) is 3.16. The fourth-order valence-corrected chi connectivity index (χ4v) is 2.63. The summed E-state index contributed by atoms with van der Waals surface area (Å²) in [6, 6.07) is 14.3. The Morgan fingerprint density at radius 3 is 2.58 bits per heavy atom. The molecule has 0 spiro atoms. The second-order valence-electron chi connectivity index (χ2n) is 5.51. The van der Waals surface area contributed by atoms with Crippen LogP contribution >= 0.6 is 0 Å². The van der Waals surface area contributed by atoms with Crippen LogP contribution in [0.15, 0.2) is 48.5 Å². The zero-order valence-electron chi connectivity index (χ0n) is 12.9. The number of carbonyl (C=O) groups is 2. The summed E-state index contributed by atoms with van der Waals surface area (Å²) in [5, 5.41) is 0. The summed E-state index contributed by atoms with van der Waals surface area (Å²) in [7, 11) is 0. The summed E-state index contributed by atoms with van der Waals surface area (Å²) in [6.45, 7) is -0.159. The van der Waals surface area contributed by atoms with E-state index in [0.717, 1.165) is 5.56 Å². The van der Waals surface area contributed by atoms with Crippen LogP contribution in [0.5, 0.6) is 5.75 Å². The van der Waals surface area contributed by atoms with E-state index < -0.39 is 12.0 Å². The average Bonchev–Trinajstić information content (AvgIpc) is 2.60. The third-order valence-corrected chi connectivity index (χ3v) is 3.83. The molecular formula is C17H18N4O3. The largest absolute Gasteiger partial charge is 0.478 e. The maximum Gasteiger partial charge on any atom is 0.268 e. The lowest BCUT2D eigenvalue weighted by molar-refractivity contribution is -0.128. The van der Waals surface area contributed by atoms with Crippen molar-refractivity contribution in [3.05, 3.63) is 54.1 Å². The molecule has 0 aliphatic carbocycles. The molecule has 1 aliphatic heterocycles. The molecule has 1 unspecified atom stereocenters. The second-order valence-corrected chi connectivity index (χ2v) is 5.51. The summed E-state index contributed by atoms with van der Waals surface area (Å²) < 4.78 is 5.84. The van der Waals surface area contributed by atoms with Gasteiger partial charge in [-0.1, -0.05) is 24.3 Å². The van der Waals surface area contributed by atoms with E-state index in [1.54, 1.807) is 30.3 Å². The fraction of sp³-hybridized carbons (Fsp3) is 0.176. The molecule has 2 aromatic rings. The monoisotopic (exact) mass is 326 g/mol. The highest BCUT2D eigenvalue weighted by atomic mass is 16.5. The lowest BCUT2D eigenvalue weighted by Gasteiger charge is -2.34. The molecule has 0 bridgehead atoms. The van der Waals surface area contributed by atoms with Gasteiger partial charge in [0.15, 0.2) is 6.10 Å². The van der Waals surface area contributed by atoms with Crippen LogP contribution in [0.25, 0.3) is 0 Å². The normalized spacial score (nSPS) is 16.3. The molecule has 2 amide bonds. The van der Waals surface area contributed by atoms with E-state index in [0.29, 0.717) is 23.5 Å². The highest BCUT2D eigenvalue weighted by Gasteiger charge is 2.35. The average molecular weight is 326 g/mol. The third-order valence-electron chi connectivity index (χ3n) is 3.83. The van der Waals surface area contributed by atoms with Crippen molar-refractivity contribution in [2.75, 3.05) is 17.2 Å². The SMILES string of the molecule is NNC(=O)CN1C(=O)C(Cc2ccc(N)cc2)Oc2ccccc21. The molecule has 7 heteroatoms. The number of anilines is 2. The van der Waals surface area contributed by atoms with Gasteiger partial charge >= 0.3 is 0 Å². The first kappa shape index (κ1) is 15.8. The van der Waals surface area contributed by atoms with Crippen molar-refractivity contribution in [2.24, 2.45) is 5.84 Å². The molecule has 24 heavy (non-hydrogen) atoms. The molecule has 0 aromatic heterocycles. The number of benzene rings is 2. The molecule has 5 N–H and O–H groups in total. The Hall–Kier alpha value is -3.06. The van der Waals surface area contributed by atoms with Crippen molar-refractivity contribution in [3.63, 3.8) is 0 Å². The molecule has 0 radical (unpaired) electrons. The maximum absolute atomic E-state index is 12.8. The van der Waals surface area contributed by atoms with Crippen LogP contribution in [0.2, 0.25) is 0 Å². The number of hydrogen-bond acceptors (Lipinski definition) is 5. The highest BCUT2D eigenvalue weighted by molar-refractivity contribution is 6.03. The van der Waals surface area contributed by atoms with Gasteiger partial charge in [-0.3, -0.25) is 19.9 Å². The van der Waals surface area contributed by atoms with Gasteiger partial charge in [-0.15, -0.1) is 0 Å². The Kier molecular flexibility index (Phi) is 4.35. The summed E-state index contributed by atoms with van der Waals surface area (Å²) in [6.07, 6.45) is -0.331. The van der Waals surface area contributed by atoms with Crippen LogP contribution in [0, 0.1) is 0 Å². The minimum atomic E-state index is -0.714. The molecule has 0 saturated carbocycles. The van der Waals surface area contributed by atoms with Crippen molar-refractivity contribution >= 4 is 23.2 Å². The van der Waals surface area contributed by atoms with Crippen molar-refractivity contribution in [1.29, 1.82) is 0 Å². The summed E-state index contributed by atoms with van der Waals surface area (Å²) in [4.78, 5) is 25.8. The number of carbonyl (C=O) groups excluding carboxylic acids is 2. The molecule has 7 nitrogen and oxygen atoms in total. The maximum atomic E-state index is 12.8. The van der Waals surface area contributed by atoms with E-state index in [1.807, 2.05) is 23.6 Å². The van der Waals surface area contributed by atoms with E-state index in [4.69, 9.17) is 16.3 Å². The van der Waals surface area contributed by atoms with Crippen LogP contribution in [-0.4, -0.2) is 24.5 Å². The first-order valence-corrected chi connectivity index (χ1v) is 7.49. The first-order chi connectivity index (χ1) is 11.6. The van der Waals surface area contributed by atoms with Crippen molar-refractivity contribution < 1.29 is 14.3 Å². The summed E-state index contributed by atoms with van der Waals surface area (Å²) in [5.74, 6) is 4.97. The number of hydrazine groups is 1. The molecule has 2 aromatic carbocycles. The van der Waals surface area contributed by atoms with Gasteiger partial charge in [0.2, 0.25) is 0 Å². The zero-order chi connectivity index (χ0) is 17.1. The number of amides is 2. The Morgan fingerprint density at radius 2 is 1.88 bits per heavy atom. The van der Waals surface area contributed by atoms with Crippen molar-refractivity contribution in [2.45, 2.75) is 12.5 Å². The molecular weight excluding hydrogens is 308 g/mol. The number of nitrogens with one attached hydrogen (secondary N) is 1. The van der Waals surface area contributed by atoms with E-state index >= 15 is 0 Å². The van der Waals surface area contributed by atoms with E-state index in [9.17, 15) is 9.59 Å². The number of nitrogens with two attached hydrogens (primary N) is 2. The first-order valence-electron chi connectivity index (χ1n) is 7.49. The van der Waals surface area contributed by atoms with E-state index in [2.05, 4.69) is 0 Å². The molecule has 1 atom stereocenters. The second kappa shape index (κ2) is 6.59. The molecule has 3 rings (SSSR count). The van der Waals surface area contributed by atoms with Gasteiger partial charge in [0, 0.05) is 12.1 Å².